The molecule has 120 valence electrons. The summed E-state index contributed by atoms with van der Waals surface area (Å²) in [6.07, 6.45) is 0. The van der Waals surface area contributed by atoms with Gasteiger partial charge in [-0.25, -0.2) is 4.98 Å². The summed E-state index contributed by atoms with van der Waals surface area (Å²) in [7, 11) is 0. The van der Waals surface area contributed by atoms with Crippen LogP contribution in [0, 0.1) is 10.1 Å². The minimum Gasteiger partial charge on any atom is -0.346 e. The molecule has 2 aromatic carbocycles. The van der Waals surface area contributed by atoms with E-state index in [-0.39, 0.29) is 23.7 Å². The van der Waals surface area contributed by atoms with Gasteiger partial charge in [0.2, 0.25) is 0 Å². The number of thiazole rings is 1. The van der Waals surface area contributed by atoms with Gasteiger partial charge < -0.3 is 5.32 Å². The smallest absolute Gasteiger partial charge is 0.270 e. The quantitative estimate of drug-likeness (QED) is 0.568. The van der Waals surface area contributed by atoms with Gasteiger partial charge in [0.05, 0.1) is 17.2 Å². The molecule has 3 aromatic rings. The molecule has 0 spiro atoms. The summed E-state index contributed by atoms with van der Waals surface area (Å²) in [5.74, 6) is -0.368. The van der Waals surface area contributed by atoms with Crippen molar-refractivity contribution in [3.05, 3.63) is 81.3 Å². The number of amides is 1. The maximum Gasteiger partial charge on any atom is 0.270 e. The van der Waals surface area contributed by atoms with Crippen LogP contribution >= 0.6 is 11.3 Å². The Hall–Kier alpha value is -3.06. The molecule has 0 atom stereocenters. The predicted molar refractivity (Wildman–Crippen MR) is 91.8 cm³/mol. The minimum atomic E-state index is -0.524. The highest BCUT2D eigenvalue weighted by Crippen LogP contribution is 2.23. The zero-order valence-corrected chi connectivity index (χ0v) is 13.3. The second-order valence-corrected chi connectivity index (χ2v) is 5.86. The van der Waals surface area contributed by atoms with Gasteiger partial charge in [0, 0.05) is 28.6 Å². The highest BCUT2D eigenvalue weighted by Gasteiger charge is 2.12. The van der Waals surface area contributed by atoms with Crippen LogP contribution in [-0.2, 0) is 6.54 Å². The maximum absolute atomic E-state index is 12.1. The number of carbonyl (C=O) groups is 1. The van der Waals surface area contributed by atoms with E-state index in [4.69, 9.17) is 0 Å². The Kier molecular flexibility index (Phi) is 4.62. The van der Waals surface area contributed by atoms with Crippen molar-refractivity contribution in [2.24, 2.45) is 0 Å². The molecule has 0 bridgehead atoms. The molecule has 0 saturated carbocycles. The van der Waals surface area contributed by atoms with Gasteiger partial charge in [-0.15, -0.1) is 11.3 Å². The third kappa shape index (κ3) is 3.64. The van der Waals surface area contributed by atoms with E-state index in [1.807, 2.05) is 35.7 Å². The molecule has 7 heteroatoms. The maximum atomic E-state index is 12.1. The zero-order chi connectivity index (χ0) is 16.9. The lowest BCUT2D eigenvalue weighted by Gasteiger charge is -2.03. The third-order valence-corrected chi connectivity index (χ3v) is 4.26. The van der Waals surface area contributed by atoms with Crippen molar-refractivity contribution < 1.29 is 9.72 Å². The van der Waals surface area contributed by atoms with E-state index in [2.05, 4.69) is 10.3 Å². The molecular formula is C17H13N3O3S. The summed E-state index contributed by atoms with van der Waals surface area (Å²) in [6.45, 7) is 0.269. The van der Waals surface area contributed by atoms with E-state index < -0.39 is 4.92 Å². The van der Waals surface area contributed by atoms with Crippen LogP contribution in [0.3, 0.4) is 0 Å². The van der Waals surface area contributed by atoms with Crippen LogP contribution in [-0.4, -0.2) is 15.8 Å². The molecular weight excluding hydrogens is 326 g/mol. The lowest BCUT2D eigenvalue weighted by Crippen LogP contribution is -2.22. The number of nitro benzene ring substituents is 1. The van der Waals surface area contributed by atoms with E-state index in [0.717, 1.165) is 16.3 Å². The summed E-state index contributed by atoms with van der Waals surface area (Å²) in [5, 5.41) is 16.3. The number of hydrogen-bond donors (Lipinski definition) is 1. The Balaban J connectivity index is 1.66. The average Bonchev–Trinajstić information content (AvgIpc) is 3.09. The molecule has 0 radical (unpaired) electrons. The first-order chi connectivity index (χ1) is 11.6. The Morgan fingerprint density at radius 1 is 1.17 bits per heavy atom. The molecule has 0 aliphatic carbocycles. The van der Waals surface area contributed by atoms with Crippen LogP contribution in [0.4, 0.5) is 5.69 Å². The van der Waals surface area contributed by atoms with E-state index >= 15 is 0 Å². The molecule has 0 unspecified atom stereocenters. The molecule has 3 rings (SSSR count). The molecule has 24 heavy (non-hydrogen) atoms. The largest absolute Gasteiger partial charge is 0.346 e. The van der Waals surface area contributed by atoms with Crippen molar-refractivity contribution in [1.29, 1.82) is 0 Å². The fraction of sp³-hybridized carbons (Fsp3) is 0.0588. The average molecular weight is 339 g/mol. The predicted octanol–water partition coefficient (Wildman–Crippen LogP) is 3.65. The fourth-order valence-electron chi connectivity index (χ4n) is 2.14. The van der Waals surface area contributed by atoms with E-state index in [1.165, 1.54) is 29.5 Å². The lowest BCUT2D eigenvalue weighted by molar-refractivity contribution is -0.384. The number of nitrogens with zero attached hydrogens (tertiary/aromatic N) is 2. The summed E-state index contributed by atoms with van der Waals surface area (Å²) in [5.41, 5.74) is 1.92. The van der Waals surface area contributed by atoms with Crippen LogP contribution in [0.25, 0.3) is 10.6 Å². The van der Waals surface area contributed by atoms with E-state index in [9.17, 15) is 14.9 Å². The highest BCUT2D eigenvalue weighted by molar-refractivity contribution is 7.13. The molecule has 6 nitrogen and oxygen atoms in total. The number of carbonyl (C=O) groups excluding carboxylic acids is 1. The number of nitro groups is 1. The van der Waals surface area contributed by atoms with Gasteiger partial charge in [-0.3, -0.25) is 14.9 Å². The molecule has 1 N–H and O–H groups in total. The summed E-state index contributed by atoms with van der Waals surface area (Å²) in [4.78, 5) is 26.8. The molecule has 0 aliphatic heterocycles. The first kappa shape index (κ1) is 15.8. The van der Waals surface area contributed by atoms with Gasteiger partial charge in [0.25, 0.3) is 11.6 Å². The van der Waals surface area contributed by atoms with Crippen molar-refractivity contribution in [3.8, 4) is 10.6 Å². The number of rotatable bonds is 5. The van der Waals surface area contributed by atoms with Crippen LogP contribution in [0.1, 0.15) is 16.1 Å². The van der Waals surface area contributed by atoms with Crippen LogP contribution in [0.15, 0.2) is 60.0 Å². The van der Waals surface area contributed by atoms with Gasteiger partial charge in [0.1, 0.15) is 5.01 Å². The second-order valence-electron chi connectivity index (χ2n) is 5.00. The van der Waals surface area contributed by atoms with Crippen LogP contribution in [0.5, 0.6) is 0 Å². The van der Waals surface area contributed by atoms with Gasteiger partial charge >= 0.3 is 0 Å². The van der Waals surface area contributed by atoms with Gasteiger partial charge in [-0.2, -0.15) is 0 Å². The molecule has 1 aromatic heterocycles. The minimum absolute atomic E-state index is 0.109. The lowest BCUT2D eigenvalue weighted by atomic mass is 10.2. The summed E-state index contributed by atoms with van der Waals surface area (Å²) >= 11 is 1.50. The van der Waals surface area contributed by atoms with Gasteiger partial charge in [-0.05, 0) is 6.07 Å². The molecule has 0 saturated heterocycles. The topological polar surface area (TPSA) is 85.1 Å². The van der Waals surface area contributed by atoms with Gasteiger partial charge in [0.15, 0.2) is 0 Å². The second kappa shape index (κ2) is 7.01. The summed E-state index contributed by atoms with van der Waals surface area (Å²) < 4.78 is 0. The standard InChI is InChI=1S/C17H13N3O3S/c21-16(13-7-4-8-15(9-13)20(22)23)18-10-14-11-24-17(19-14)12-5-2-1-3-6-12/h1-9,11H,10H2,(H,18,21). The number of non-ortho nitro benzene ring substituents is 1. The van der Waals surface area contributed by atoms with Crippen molar-refractivity contribution in [1.82, 2.24) is 10.3 Å². The normalized spacial score (nSPS) is 10.3. The monoisotopic (exact) mass is 339 g/mol. The molecule has 1 amide bonds. The van der Waals surface area contributed by atoms with Crippen molar-refractivity contribution in [3.63, 3.8) is 0 Å². The van der Waals surface area contributed by atoms with E-state index in [0.29, 0.717) is 0 Å². The number of hydrogen-bond acceptors (Lipinski definition) is 5. The van der Waals surface area contributed by atoms with Gasteiger partial charge in [-0.1, -0.05) is 36.4 Å². The molecule has 0 aliphatic rings. The Bertz CT molecular complexity index is 878. The molecule has 0 fully saturated rings. The summed E-state index contributed by atoms with van der Waals surface area (Å²) in [6, 6.07) is 15.4. The number of nitrogens with one attached hydrogen (secondary N) is 1. The number of aromatic nitrogens is 1. The van der Waals surface area contributed by atoms with Crippen molar-refractivity contribution >= 4 is 22.9 Å². The van der Waals surface area contributed by atoms with E-state index in [1.54, 1.807) is 6.07 Å². The molecule has 1 heterocycles. The fourth-order valence-corrected chi connectivity index (χ4v) is 2.96. The highest BCUT2D eigenvalue weighted by atomic mass is 32.1. The van der Waals surface area contributed by atoms with Crippen molar-refractivity contribution in [2.45, 2.75) is 6.54 Å². The zero-order valence-electron chi connectivity index (χ0n) is 12.5. The van der Waals surface area contributed by atoms with Crippen molar-refractivity contribution in [2.75, 3.05) is 0 Å². The van der Waals surface area contributed by atoms with Crippen LogP contribution < -0.4 is 5.32 Å². The Morgan fingerprint density at radius 2 is 1.96 bits per heavy atom. The first-order valence-corrected chi connectivity index (χ1v) is 8.04. The third-order valence-electron chi connectivity index (χ3n) is 3.32. The Morgan fingerprint density at radius 3 is 2.71 bits per heavy atom. The van der Waals surface area contributed by atoms with Crippen LogP contribution in [0.2, 0.25) is 0 Å². The first-order valence-electron chi connectivity index (χ1n) is 7.16. The Labute approximate surface area is 141 Å². The SMILES string of the molecule is O=C(NCc1csc(-c2ccccc2)n1)c1cccc([N+](=O)[O-])c1. The number of benzene rings is 2.